The monoisotopic (exact) mass is 332 g/mol. The standard InChI is InChI=1S/C14H20N2O3S.ClH/c1-18-12-4-3-10(7-13(12)19-2)5-6-15-14(17)11-8-20-9-16-11;/h3-4,7,11,16H,5-6,8-9H2,1-2H3,(H,15,17);1H. The first kappa shape index (κ1) is 17.9. The van der Waals surface area contributed by atoms with E-state index in [-0.39, 0.29) is 24.4 Å². The minimum Gasteiger partial charge on any atom is -0.493 e. The Balaban J connectivity index is 0.00000220. The van der Waals surface area contributed by atoms with Crippen LogP contribution >= 0.6 is 24.2 Å². The third kappa shape index (κ3) is 4.98. The molecule has 0 aromatic heterocycles. The number of hydrogen-bond donors (Lipinski definition) is 2. The Morgan fingerprint density at radius 2 is 2.14 bits per heavy atom. The van der Waals surface area contributed by atoms with E-state index < -0.39 is 0 Å². The lowest BCUT2D eigenvalue weighted by Gasteiger charge is -2.12. The van der Waals surface area contributed by atoms with E-state index in [1.54, 1.807) is 26.0 Å². The molecule has 2 rings (SSSR count). The van der Waals surface area contributed by atoms with Crippen LogP contribution in [0.3, 0.4) is 0 Å². The average molecular weight is 333 g/mol. The summed E-state index contributed by atoms with van der Waals surface area (Å²) in [5.41, 5.74) is 1.11. The number of carbonyl (C=O) groups excluding carboxylic acids is 1. The largest absolute Gasteiger partial charge is 0.493 e. The van der Waals surface area contributed by atoms with E-state index in [4.69, 9.17) is 9.47 Å². The summed E-state index contributed by atoms with van der Waals surface area (Å²) < 4.78 is 10.5. The van der Waals surface area contributed by atoms with Crippen molar-refractivity contribution in [1.82, 2.24) is 10.6 Å². The average Bonchev–Trinajstić information content (AvgIpc) is 3.01. The molecule has 21 heavy (non-hydrogen) atoms. The van der Waals surface area contributed by atoms with Crippen LogP contribution in [-0.4, -0.2) is 44.3 Å². The van der Waals surface area contributed by atoms with E-state index >= 15 is 0 Å². The van der Waals surface area contributed by atoms with Crippen molar-refractivity contribution >= 4 is 30.1 Å². The Kier molecular flexibility index (Phi) is 7.71. The molecular formula is C14H21ClN2O3S. The molecule has 1 aromatic carbocycles. The molecule has 1 saturated heterocycles. The lowest BCUT2D eigenvalue weighted by Crippen LogP contribution is -2.42. The fourth-order valence-corrected chi connectivity index (χ4v) is 2.99. The summed E-state index contributed by atoms with van der Waals surface area (Å²) in [4.78, 5) is 11.8. The second-order valence-electron chi connectivity index (χ2n) is 4.50. The second kappa shape index (κ2) is 9.02. The molecule has 1 aromatic rings. The quantitative estimate of drug-likeness (QED) is 0.825. The van der Waals surface area contributed by atoms with E-state index in [1.807, 2.05) is 18.2 Å². The Bertz CT molecular complexity index is 468. The maximum atomic E-state index is 11.8. The Morgan fingerprint density at radius 3 is 2.76 bits per heavy atom. The fourth-order valence-electron chi connectivity index (χ4n) is 2.05. The summed E-state index contributed by atoms with van der Waals surface area (Å²) in [6, 6.07) is 5.75. The van der Waals surface area contributed by atoms with Crippen molar-refractivity contribution in [2.75, 3.05) is 32.4 Å². The van der Waals surface area contributed by atoms with Crippen molar-refractivity contribution in [3.8, 4) is 11.5 Å². The van der Waals surface area contributed by atoms with Crippen molar-refractivity contribution in [3.05, 3.63) is 23.8 Å². The smallest absolute Gasteiger partial charge is 0.238 e. The lowest BCUT2D eigenvalue weighted by molar-refractivity contribution is -0.122. The number of nitrogens with one attached hydrogen (secondary N) is 2. The van der Waals surface area contributed by atoms with E-state index in [0.29, 0.717) is 18.0 Å². The molecule has 0 aliphatic carbocycles. The number of rotatable bonds is 6. The molecule has 1 atom stereocenters. The Hall–Kier alpha value is -1.11. The van der Waals surface area contributed by atoms with Gasteiger partial charge >= 0.3 is 0 Å². The molecular weight excluding hydrogens is 312 g/mol. The van der Waals surface area contributed by atoms with Gasteiger partial charge < -0.3 is 14.8 Å². The molecule has 1 aliphatic rings. The fraction of sp³-hybridized carbons (Fsp3) is 0.500. The molecule has 1 unspecified atom stereocenters. The topological polar surface area (TPSA) is 59.6 Å². The SMILES string of the molecule is COc1ccc(CCNC(=O)C2CSCN2)cc1OC.Cl. The maximum Gasteiger partial charge on any atom is 0.238 e. The highest BCUT2D eigenvalue weighted by atomic mass is 35.5. The minimum atomic E-state index is -0.0506. The Labute approximate surface area is 135 Å². The molecule has 1 aliphatic heterocycles. The van der Waals surface area contributed by atoms with Crippen LogP contribution in [0.5, 0.6) is 11.5 Å². The second-order valence-corrected chi connectivity index (χ2v) is 5.53. The summed E-state index contributed by atoms with van der Waals surface area (Å²) in [5.74, 6) is 3.21. The first-order chi connectivity index (χ1) is 9.74. The zero-order valence-corrected chi connectivity index (χ0v) is 13.8. The van der Waals surface area contributed by atoms with Gasteiger partial charge in [-0.2, -0.15) is 0 Å². The molecule has 0 bridgehead atoms. The summed E-state index contributed by atoms with van der Waals surface area (Å²) in [5, 5.41) is 6.11. The summed E-state index contributed by atoms with van der Waals surface area (Å²) >= 11 is 1.75. The number of carbonyl (C=O) groups is 1. The molecule has 5 nitrogen and oxygen atoms in total. The normalized spacial score (nSPS) is 17.0. The van der Waals surface area contributed by atoms with Gasteiger partial charge in [0.1, 0.15) is 0 Å². The minimum absolute atomic E-state index is 0. The number of ether oxygens (including phenoxy) is 2. The number of hydrogen-bond acceptors (Lipinski definition) is 5. The van der Waals surface area contributed by atoms with Crippen molar-refractivity contribution in [2.45, 2.75) is 12.5 Å². The first-order valence-electron chi connectivity index (χ1n) is 6.54. The molecule has 0 saturated carbocycles. The molecule has 0 spiro atoms. The van der Waals surface area contributed by atoms with E-state index in [2.05, 4.69) is 10.6 Å². The molecule has 7 heteroatoms. The molecule has 1 heterocycles. The summed E-state index contributed by atoms with van der Waals surface area (Å²) in [7, 11) is 3.23. The van der Waals surface area contributed by atoms with Gasteiger partial charge in [0.2, 0.25) is 5.91 Å². The van der Waals surface area contributed by atoms with E-state index in [1.165, 1.54) is 0 Å². The van der Waals surface area contributed by atoms with Crippen LogP contribution in [0.1, 0.15) is 5.56 Å². The highest BCUT2D eigenvalue weighted by Crippen LogP contribution is 2.27. The molecule has 118 valence electrons. The number of benzene rings is 1. The zero-order chi connectivity index (χ0) is 14.4. The van der Waals surface area contributed by atoms with Gasteiger partial charge in [-0.05, 0) is 24.1 Å². The third-order valence-corrected chi connectivity index (χ3v) is 4.13. The maximum absolute atomic E-state index is 11.8. The van der Waals surface area contributed by atoms with Crippen LogP contribution in [0, 0.1) is 0 Å². The van der Waals surface area contributed by atoms with Gasteiger partial charge in [-0.1, -0.05) is 6.07 Å². The number of thioether (sulfide) groups is 1. The van der Waals surface area contributed by atoms with Gasteiger partial charge in [0.25, 0.3) is 0 Å². The van der Waals surface area contributed by atoms with E-state index in [9.17, 15) is 4.79 Å². The highest BCUT2D eigenvalue weighted by molar-refractivity contribution is 7.99. The highest BCUT2D eigenvalue weighted by Gasteiger charge is 2.21. The Morgan fingerprint density at radius 1 is 1.38 bits per heavy atom. The summed E-state index contributed by atoms with van der Waals surface area (Å²) in [6.07, 6.45) is 0.770. The van der Waals surface area contributed by atoms with Crippen LogP contribution in [0.25, 0.3) is 0 Å². The van der Waals surface area contributed by atoms with Crippen molar-refractivity contribution in [3.63, 3.8) is 0 Å². The summed E-state index contributed by atoms with van der Waals surface area (Å²) in [6.45, 7) is 0.622. The molecule has 0 radical (unpaired) electrons. The van der Waals surface area contributed by atoms with Gasteiger partial charge in [-0.25, -0.2) is 0 Å². The van der Waals surface area contributed by atoms with Crippen LogP contribution in [-0.2, 0) is 11.2 Å². The molecule has 2 N–H and O–H groups in total. The van der Waals surface area contributed by atoms with Crippen LogP contribution in [0.15, 0.2) is 18.2 Å². The number of halogens is 1. The van der Waals surface area contributed by atoms with Gasteiger partial charge in [0, 0.05) is 18.2 Å². The van der Waals surface area contributed by atoms with E-state index in [0.717, 1.165) is 23.6 Å². The predicted octanol–water partition coefficient (Wildman–Crippen LogP) is 1.45. The molecule has 1 amide bonds. The van der Waals surface area contributed by atoms with Crippen LogP contribution in [0.2, 0.25) is 0 Å². The molecule has 1 fully saturated rings. The predicted molar refractivity (Wildman–Crippen MR) is 87.8 cm³/mol. The zero-order valence-electron chi connectivity index (χ0n) is 12.2. The van der Waals surface area contributed by atoms with Crippen molar-refractivity contribution in [2.24, 2.45) is 0 Å². The first-order valence-corrected chi connectivity index (χ1v) is 7.70. The van der Waals surface area contributed by atoms with Gasteiger partial charge in [-0.15, -0.1) is 24.2 Å². The van der Waals surface area contributed by atoms with Crippen LogP contribution in [0.4, 0.5) is 0 Å². The van der Waals surface area contributed by atoms with Crippen LogP contribution < -0.4 is 20.1 Å². The van der Waals surface area contributed by atoms with Gasteiger partial charge in [0.15, 0.2) is 11.5 Å². The van der Waals surface area contributed by atoms with Crippen molar-refractivity contribution < 1.29 is 14.3 Å². The third-order valence-electron chi connectivity index (χ3n) is 3.19. The van der Waals surface area contributed by atoms with Crippen molar-refractivity contribution in [1.29, 1.82) is 0 Å². The number of amides is 1. The lowest BCUT2D eigenvalue weighted by atomic mass is 10.1. The van der Waals surface area contributed by atoms with Gasteiger partial charge in [-0.3, -0.25) is 10.1 Å². The van der Waals surface area contributed by atoms with Gasteiger partial charge in [0.05, 0.1) is 20.3 Å². The number of methoxy groups -OCH3 is 2.